The summed E-state index contributed by atoms with van der Waals surface area (Å²) >= 11 is 0.177. The van der Waals surface area contributed by atoms with Crippen molar-refractivity contribution in [1.82, 2.24) is 9.27 Å². The van der Waals surface area contributed by atoms with Gasteiger partial charge in [-0.3, -0.25) is 0 Å². The molecule has 1 rings (SSSR count). The second kappa shape index (κ2) is 2.93. The van der Waals surface area contributed by atoms with Gasteiger partial charge >= 0.3 is 58.4 Å². The van der Waals surface area contributed by atoms with Crippen molar-refractivity contribution in [2.24, 2.45) is 5.92 Å². The summed E-state index contributed by atoms with van der Waals surface area (Å²) in [6.45, 7) is 2.70. The molecule has 4 heteroatoms. The third kappa shape index (κ3) is 1.76. The maximum atomic E-state index is 3.25. The predicted molar refractivity (Wildman–Crippen MR) is 28.9 cm³/mol. The van der Waals surface area contributed by atoms with Gasteiger partial charge in [-0.25, -0.2) is 0 Å². The summed E-state index contributed by atoms with van der Waals surface area (Å²) in [4.78, 5) is 1.58. The summed E-state index contributed by atoms with van der Waals surface area (Å²) in [5.74, 6) is 1.02. The van der Waals surface area contributed by atoms with Crippen LogP contribution >= 0.6 is 0 Å². The number of nitrogens with zero attached hydrogens (tertiary/aromatic N) is 1. The van der Waals surface area contributed by atoms with E-state index in [9.17, 15) is 0 Å². The molecule has 0 aromatic heterocycles. The van der Waals surface area contributed by atoms with E-state index in [1.54, 1.807) is 4.89 Å². The number of hydrogen-bond acceptors (Lipinski definition) is 2. The van der Waals surface area contributed by atoms with Crippen molar-refractivity contribution >= 4 is 0 Å². The topological polar surface area (TPSA) is 15.3 Å². The zero-order valence-corrected chi connectivity index (χ0v) is 14.8. The second-order valence-corrected chi connectivity index (χ2v) is 16.9. The summed E-state index contributed by atoms with van der Waals surface area (Å²) in [5, 5.41) is 3.25. The normalized spacial score (nSPS) is 29.4. The van der Waals surface area contributed by atoms with E-state index in [-0.39, 0.29) is 18.2 Å². The van der Waals surface area contributed by atoms with Crippen LogP contribution in [0.25, 0.3) is 0 Å². The molecule has 0 bridgehead atoms. The molecular formula is C5H11N2ReRf. The van der Waals surface area contributed by atoms with Crippen LogP contribution in [0.3, 0.4) is 0 Å². The first-order chi connectivity index (χ1) is 4.33. The fourth-order valence-electron chi connectivity index (χ4n) is 0.981. The molecule has 0 spiro atoms. The summed E-state index contributed by atoms with van der Waals surface area (Å²) in [5.41, 5.74) is 0. The molecule has 1 saturated heterocycles. The van der Waals surface area contributed by atoms with E-state index in [4.69, 9.17) is 0 Å². The third-order valence-corrected chi connectivity index (χ3v) is 12.6. The van der Waals surface area contributed by atoms with E-state index in [1.165, 1.54) is 13.1 Å². The van der Waals surface area contributed by atoms with Gasteiger partial charge in [0.1, 0.15) is 0 Å². The molecule has 1 atom stereocenters. The van der Waals surface area contributed by atoms with E-state index in [0.29, 0.717) is 0 Å². The van der Waals surface area contributed by atoms with Gasteiger partial charge in [0.05, 0.1) is 0 Å². The van der Waals surface area contributed by atoms with Crippen molar-refractivity contribution in [2.45, 2.75) is 4.89 Å². The number of rotatable bonds is 2. The molecule has 9 heavy (non-hydrogen) atoms. The first-order valence-corrected chi connectivity index (χ1v) is 9.14. The van der Waals surface area contributed by atoms with Gasteiger partial charge in [0.15, 0.2) is 0 Å². The molecule has 1 aliphatic heterocycles. The Kier molecular flexibility index (Phi) is 2.18. The van der Waals surface area contributed by atoms with Gasteiger partial charge in [0, 0.05) is 0 Å². The molecule has 1 unspecified atom stereocenters. The Bertz CT molecular complexity index is 89.0. The van der Waals surface area contributed by atoms with E-state index in [1.807, 2.05) is 0 Å². The third-order valence-electron chi connectivity index (χ3n) is 1.41. The second-order valence-electron chi connectivity index (χ2n) is 2.34. The average molecular weight is 552 g/mol. The minimum atomic E-state index is 0.177. The van der Waals surface area contributed by atoms with Gasteiger partial charge < -0.3 is 0 Å². The van der Waals surface area contributed by atoms with Crippen LogP contribution < -0.4 is 5.32 Å². The van der Waals surface area contributed by atoms with Crippen LogP contribution in [0.4, 0.5) is 0 Å². The van der Waals surface area contributed by atoms with E-state index in [0.717, 1.165) is 5.92 Å². The molecule has 0 radical (unpaired) electrons. The van der Waals surface area contributed by atoms with Gasteiger partial charge in [-0.2, -0.15) is 0 Å². The summed E-state index contributed by atoms with van der Waals surface area (Å²) in [6, 6.07) is 0. The first kappa shape index (κ1) is 6.70. The molecule has 0 saturated carbocycles. The van der Waals surface area contributed by atoms with Crippen molar-refractivity contribution < 1.29 is 18.2 Å². The fourth-order valence-corrected chi connectivity index (χ4v) is 9.44. The van der Waals surface area contributed by atoms with Gasteiger partial charge in [0.25, 0.3) is 0 Å². The molecule has 0 aromatic rings. The van der Waals surface area contributed by atoms with E-state index < -0.39 is 0 Å². The van der Waals surface area contributed by atoms with Gasteiger partial charge in [-0.05, 0) is 0 Å². The fraction of sp³-hybridized carbons (Fsp3) is 1.00. The molecule has 1 N–H and O–H groups in total. The predicted octanol–water partition coefficient (Wildman–Crippen LogP) is 0.0177. The SMILES string of the molecule is CNCC1[CH2][Re][N]([Rf])C1. The Labute approximate surface area is 58.9 Å². The molecule has 1 aliphatic rings. The monoisotopic (exact) mass is 553 g/mol. The van der Waals surface area contributed by atoms with Crippen LogP contribution in [0.1, 0.15) is 0 Å². The molecular weight excluding hydrogens is 541 g/mol. The average Bonchev–Trinajstić information content (AvgIpc) is 2.17. The van der Waals surface area contributed by atoms with Crippen LogP contribution in [0.15, 0.2) is 0 Å². The maximum absolute atomic E-state index is 3.25. The van der Waals surface area contributed by atoms with Crippen LogP contribution in [0.5, 0.6) is 0 Å². The molecule has 50 valence electrons. The molecule has 0 aromatic carbocycles. The van der Waals surface area contributed by atoms with Gasteiger partial charge in [0.2, 0.25) is 0 Å². The van der Waals surface area contributed by atoms with E-state index >= 15 is 0 Å². The first-order valence-electron chi connectivity index (χ1n) is 3.15. The van der Waals surface area contributed by atoms with Crippen LogP contribution in [0.2, 0.25) is 4.89 Å². The Hall–Kier alpha value is -0.418. The quantitative estimate of drug-likeness (QED) is 0.520. The number of hydrogen-bond donors (Lipinski definition) is 1. The van der Waals surface area contributed by atoms with Crippen LogP contribution in [-0.2, 0) is 18.2 Å². The molecule has 2 nitrogen and oxygen atoms in total. The van der Waals surface area contributed by atoms with Crippen LogP contribution in [0, 0.1) is 5.92 Å². The van der Waals surface area contributed by atoms with Crippen LogP contribution in [-0.4, -0.2) is 24.1 Å². The van der Waals surface area contributed by atoms with Gasteiger partial charge in [-0.15, -0.1) is 0 Å². The summed E-state index contributed by atoms with van der Waals surface area (Å²) in [6.07, 6.45) is 0. The Morgan fingerprint density at radius 1 is 1.89 bits per heavy atom. The number of nitrogens with one attached hydrogen (secondary N) is 1. The Morgan fingerprint density at radius 3 is 3.11 bits per heavy atom. The van der Waals surface area contributed by atoms with Crippen molar-refractivity contribution in [3.8, 4) is 0 Å². The zero-order valence-electron chi connectivity index (χ0n) is 5.73. The van der Waals surface area contributed by atoms with Crippen molar-refractivity contribution in [2.75, 3.05) is 20.1 Å². The Morgan fingerprint density at radius 2 is 2.67 bits per heavy atom. The van der Waals surface area contributed by atoms with Gasteiger partial charge in [-0.1, -0.05) is 0 Å². The molecule has 1 fully saturated rings. The Balaban J connectivity index is 2.14. The zero-order chi connectivity index (χ0) is 6.69. The van der Waals surface area contributed by atoms with Crippen molar-refractivity contribution in [3.05, 3.63) is 0 Å². The van der Waals surface area contributed by atoms with Crippen molar-refractivity contribution in [3.63, 3.8) is 0 Å². The van der Waals surface area contributed by atoms with E-state index in [2.05, 4.69) is 16.3 Å². The van der Waals surface area contributed by atoms with Crippen molar-refractivity contribution in [1.29, 1.82) is 0 Å². The summed E-state index contributed by atoms with van der Waals surface area (Å²) < 4.78 is 3.60. The standard InChI is InChI=1S/C5H11N2.Re.Rf/c1-5(3-6)4-7-2;;/h5,7H,1,3-4H2,2H3;;. The molecule has 0 amide bonds. The summed E-state index contributed by atoms with van der Waals surface area (Å²) in [7, 11) is 2.06. The molecule has 1 heterocycles. The minimum absolute atomic E-state index is 0.177. The molecule has 0 aliphatic carbocycles.